The van der Waals surface area contributed by atoms with Crippen LogP contribution in [0.25, 0.3) is 5.57 Å². The minimum absolute atomic E-state index is 0.0293. The quantitative estimate of drug-likeness (QED) is 0.169. The second-order valence-corrected chi connectivity index (χ2v) is 11.8. The Morgan fingerprint density at radius 2 is 1.33 bits per heavy atom. The van der Waals surface area contributed by atoms with E-state index in [1.54, 1.807) is 19.2 Å². The van der Waals surface area contributed by atoms with Crippen LogP contribution in [0.3, 0.4) is 0 Å². The number of aliphatic hydroxyl groups is 1. The van der Waals surface area contributed by atoms with Crippen molar-refractivity contribution in [1.29, 1.82) is 0 Å². The Balaban J connectivity index is 1.42. The summed E-state index contributed by atoms with van der Waals surface area (Å²) >= 11 is 0. The lowest BCUT2D eigenvalue weighted by Crippen LogP contribution is -2.28. The van der Waals surface area contributed by atoms with Gasteiger partial charge in [0, 0.05) is 48.1 Å². The molecule has 2 unspecified atom stereocenters. The van der Waals surface area contributed by atoms with E-state index < -0.39 is 0 Å². The number of nitrogens with zero attached hydrogens (tertiary/aromatic N) is 2. The van der Waals surface area contributed by atoms with Crippen LogP contribution in [0.15, 0.2) is 114 Å². The monoisotopic (exact) mass is 603 g/mol. The number of hydrogen-bond donors (Lipinski definition) is 2. The van der Waals surface area contributed by atoms with E-state index >= 15 is 0 Å². The van der Waals surface area contributed by atoms with Crippen molar-refractivity contribution < 1.29 is 24.3 Å². The van der Waals surface area contributed by atoms with Crippen molar-refractivity contribution in [2.45, 2.75) is 65.5 Å². The smallest absolute Gasteiger partial charge is 0.206 e. The molecule has 0 saturated carbocycles. The van der Waals surface area contributed by atoms with Crippen LogP contribution in [0.2, 0.25) is 0 Å². The molecule has 0 aromatic heterocycles. The average molecular weight is 604 g/mol. The van der Waals surface area contributed by atoms with Gasteiger partial charge in [-0.25, -0.2) is 0 Å². The number of aromatic hydroxyl groups is 1. The number of aliphatic hydroxyl groups excluding tert-OH is 1. The van der Waals surface area contributed by atoms with Crippen LogP contribution in [-0.2, 0) is 4.79 Å². The number of methoxy groups -OCH3 is 1. The van der Waals surface area contributed by atoms with Crippen molar-refractivity contribution in [3.05, 3.63) is 120 Å². The second kappa shape index (κ2) is 13.9. The number of anilines is 2. The highest BCUT2D eigenvalue weighted by atomic mass is 16.5. The van der Waals surface area contributed by atoms with E-state index in [0.29, 0.717) is 22.3 Å². The summed E-state index contributed by atoms with van der Waals surface area (Å²) in [6, 6.07) is 23.6. The average Bonchev–Trinajstić information content (AvgIpc) is 3.04. The Morgan fingerprint density at radius 1 is 0.756 bits per heavy atom. The predicted octanol–water partition coefficient (Wildman–Crippen LogP) is 8.98. The third-order valence-electron chi connectivity index (χ3n) is 8.57. The highest BCUT2D eigenvalue weighted by molar-refractivity contribution is 6.39. The molecule has 0 aliphatic heterocycles. The highest BCUT2D eigenvalue weighted by Gasteiger charge is 2.37. The molecule has 0 radical (unpaired) electrons. The Bertz CT molecular complexity index is 1670. The van der Waals surface area contributed by atoms with Crippen molar-refractivity contribution in [3.8, 4) is 11.5 Å². The Hall–Kier alpha value is -4.84. The van der Waals surface area contributed by atoms with E-state index in [1.807, 2.05) is 72.8 Å². The zero-order valence-electron chi connectivity index (χ0n) is 26.8. The number of carbonyl (C=O) groups is 1. The molecule has 6 heteroatoms. The molecule has 2 N–H and O–H groups in total. The van der Waals surface area contributed by atoms with Crippen LogP contribution in [0.1, 0.15) is 58.9 Å². The zero-order chi connectivity index (χ0) is 32.1. The van der Waals surface area contributed by atoms with Gasteiger partial charge in [0.1, 0.15) is 17.3 Å². The molecule has 0 amide bonds. The summed E-state index contributed by atoms with van der Waals surface area (Å²) in [6.45, 7) is 8.74. The summed E-state index contributed by atoms with van der Waals surface area (Å²) in [6.07, 6.45) is 11.9. The number of rotatable bonds is 11. The minimum Gasteiger partial charge on any atom is -0.508 e. The summed E-state index contributed by atoms with van der Waals surface area (Å²) in [7, 11) is 1.66. The van der Waals surface area contributed by atoms with Gasteiger partial charge in [-0.1, -0.05) is 32.4 Å². The van der Waals surface area contributed by atoms with Gasteiger partial charge in [0.15, 0.2) is 6.04 Å². The topological polar surface area (TPSA) is 73.0 Å². The predicted molar refractivity (Wildman–Crippen MR) is 183 cm³/mol. The van der Waals surface area contributed by atoms with Gasteiger partial charge in [0.2, 0.25) is 17.2 Å². The number of benzene rings is 3. The van der Waals surface area contributed by atoms with Gasteiger partial charge in [0.25, 0.3) is 0 Å². The Kier molecular flexibility index (Phi) is 9.72. The zero-order valence-corrected chi connectivity index (χ0v) is 26.8. The molecule has 2 atom stereocenters. The number of ether oxygens (including phenoxy) is 1. The lowest BCUT2D eigenvalue weighted by Gasteiger charge is -2.32. The normalized spacial score (nSPS) is 15.7. The van der Waals surface area contributed by atoms with Gasteiger partial charge in [-0.15, -0.1) is 0 Å². The lowest BCUT2D eigenvalue weighted by atomic mass is 9.80. The third kappa shape index (κ3) is 6.51. The molecule has 45 heavy (non-hydrogen) atoms. The van der Waals surface area contributed by atoms with Crippen molar-refractivity contribution in [2.24, 2.45) is 0 Å². The number of ketones is 1. The second-order valence-electron chi connectivity index (χ2n) is 11.8. The van der Waals surface area contributed by atoms with E-state index in [4.69, 9.17) is 4.74 Å². The molecule has 3 aromatic rings. The molecule has 3 aromatic carbocycles. The van der Waals surface area contributed by atoms with Gasteiger partial charge in [-0.3, -0.25) is 4.79 Å². The minimum atomic E-state index is -0.158. The summed E-state index contributed by atoms with van der Waals surface area (Å²) in [5.74, 6) is 0.909. The molecule has 0 spiro atoms. The Labute approximate surface area is 266 Å². The van der Waals surface area contributed by atoms with Gasteiger partial charge in [0.05, 0.1) is 18.3 Å². The first-order valence-corrected chi connectivity index (χ1v) is 15.8. The number of allylic oxidation sites excluding steroid dienone is 7. The summed E-state index contributed by atoms with van der Waals surface area (Å²) in [4.78, 5) is 15.7. The number of Topliss-reactive ketones (excluding diaryl/α,β-unsaturated/α-hetero) is 1. The van der Waals surface area contributed by atoms with Crippen LogP contribution in [-0.4, -0.2) is 45.5 Å². The van der Waals surface area contributed by atoms with E-state index in [1.165, 1.54) is 0 Å². The van der Waals surface area contributed by atoms with Crippen LogP contribution in [0.5, 0.6) is 11.5 Å². The molecule has 5 rings (SSSR count). The fourth-order valence-electron chi connectivity index (χ4n) is 6.28. The number of carbonyl (C=O) groups excluding carboxylic acids is 1. The first kappa shape index (κ1) is 31.6. The number of phenols is 1. The molecule has 0 heterocycles. The molecule has 2 aliphatic carbocycles. The van der Waals surface area contributed by atoms with E-state index in [2.05, 4.69) is 49.3 Å². The van der Waals surface area contributed by atoms with Crippen molar-refractivity contribution in [1.82, 2.24) is 0 Å². The molecule has 2 aliphatic rings. The summed E-state index contributed by atoms with van der Waals surface area (Å²) in [5, 5.41) is 20.9. The SMILES string of the molecule is CCCC(C)N(c1ccc(OC)cc1)c1ccc(C2=C(O)C(=C3C=CC(=[N+](c4ccc(O)cc4)C(C)CCC)C=C3)C2=O)cc1. The van der Waals surface area contributed by atoms with Gasteiger partial charge >= 0.3 is 0 Å². The maximum Gasteiger partial charge on any atom is 0.206 e. The molecule has 6 nitrogen and oxygen atoms in total. The first-order valence-electron chi connectivity index (χ1n) is 15.8. The maximum atomic E-state index is 13.4. The van der Waals surface area contributed by atoms with Crippen LogP contribution in [0, 0.1) is 0 Å². The van der Waals surface area contributed by atoms with Crippen molar-refractivity contribution in [2.75, 3.05) is 12.0 Å². The Morgan fingerprint density at radius 3 is 1.87 bits per heavy atom. The maximum absolute atomic E-state index is 13.4. The van der Waals surface area contributed by atoms with E-state index in [0.717, 1.165) is 54.2 Å². The molecular weight excluding hydrogens is 560 g/mol. The summed E-state index contributed by atoms with van der Waals surface area (Å²) < 4.78 is 7.58. The highest BCUT2D eigenvalue weighted by Crippen LogP contribution is 2.40. The fourth-order valence-corrected chi connectivity index (χ4v) is 6.28. The van der Waals surface area contributed by atoms with Crippen LogP contribution < -0.4 is 9.64 Å². The molecular formula is C39H43N2O4+. The van der Waals surface area contributed by atoms with Gasteiger partial charge in [-0.05, 0) is 98.5 Å². The summed E-state index contributed by atoms with van der Waals surface area (Å²) in [5.41, 5.74) is 6.13. The standard InChI is InChI=1S/C39H42N2O4/c1-6-8-26(3)40(32-18-22-34(42)23-19-32)30-14-10-28(11-15-30)36-38(43)37(39(36)44)29-12-16-31(17-13-29)41(27(4)9-7-2)33-20-24-35(45-5)25-21-33/h10-27H,6-9H2,1-5H3,(H-,42,43,44)/p+1. The van der Waals surface area contributed by atoms with E-state index in [9.17, 15) is 15.0 Å². The molecule has 0 saturated heterocycles. The van der Waals surface area contributed by atoms with Crippen LogP contribution >= 0.6 is 0 Å². The number of phenolic OH excluding ortho intramolecular Hbond substituents is 1. The van der Waals surface area contributed by atoms with Crippen LogP contribution in [0.4, 0.5) is 17.1 Å². The first-order chi connectivity index (χ1) is 21.8. The van der Waals surface area contributed by atoms with Crippen molar-refractivity contribution in [3.63, 3.8) is 0 Å². The largest absolute Gasteiger partial charge is 0.508 e. The van der Waals surface area contributed by atoms with Gasteiger partial charge < -0.3 is 19.8 Å². The van der Waals surface area contributed by atoms with Crippen molar-refractivity contribution >= 4 is 34.1 Å². The molecule has 0 bridgehead atoms. The number of hydrogen-bond acceptors (Lipinski definition) is 5. The lowest BCUT2D eigenvalue weighted by molar-refractivity contribution is -0.480. The van der Waals surface area contributed by atoms with E-state index in [-0.39, 0.29) is 29.4 Å². The molecule has 0 fully saturated rings. The fraction of sp³-hybridized carbons (Fsp3) is 0.282. The van der Waals surface area contributed by atoms with Gasteiger partial charge in [-0.2, -0.15) is 4.58 Å². The molecule has 232 valence electrons. The third-order valence-corrected chi connectivity index (χ3v) is 8.57.